The maximum atomic E-state index is 13.5. The summed E-state index contributed by atoms with van der Waals surface area (Å²) in [4.78, 5) is 9.44. The zero-order chi connectivity index (χ0) is 86.8. The molecule has 13 rings (SSSR count). The van der Waals surface area contributed by atoms with Gasteiger partial charge in [0.25, 0.3) is 0 Å². The first-order valence-corrected chi connectivity index (χ1v) is 41.1. The van der Waals surface area contributed by atoms with Crippen molar-refractivity contribution in [3.8, 4) is 11.1 Å². The van der Waals surface area contributed by atoms with Gasteiger partial charge in [-0.1, -0.05) is 574 Å². The first-order valence-electron chi connectivity index (χ1n) is 41.1. The molecule has 654 valence electrons. The van der Waals surface area contributed by atoms with E-state index in [1.54, 1.807) is 0 Å². The topological polar surface area (TPSA) is 17.1 Å². The summed E-state index contributed by atoms with van der Waals surface area (Å²) in [6.45, 7) is 51.8. The summed E-state index contributed by atoms with van der Waals surface area (Å²) < 4.78 is 81.1. The molecule has 0 radical (unpaired) electrons. The van der Waals surface area contributed by atoms with Gasteiger partial charge in [0.15, 0.2) is 0 Å². The summed E-state index contributed by atoms with van der Waals surface area (Å²) in [5.41, 5.74) is 7.60. The molecule has 7 heteroatoms. The fraction of sp³-hybridized carbons (Fsp3) is 0.342. The van der Waals surface area contributed by atoms with Gasteiger partial charge in [-0.05, 0) is 87.0 Å². The average Bonchev–Trinajstić information content (AvgIpc) is 1.48. The fourth-order valence-corrected chi connectivity index (χ4v) is 10.8. The van der Waals surface area contributed by atoms with Crippen molar-refractivity contribution in [1.29, 1.82) is 0 Å². The Hall–Kier alpha value is -10.1. The minimum absolute atomic E-state index is 0. The molecule has 1 aliphatic rings. The Labute approximate surface area is 722 Å². The van der Waals surface area contributed by atoms with Crippen molar-refractivity contribution in [1.82, 2.24) is 0 Å². The molecule has 1 nitrogen and oxygen atoms in total. The van der Waals surface area contributed by atoms with Gasteiger partial charge in [0, 0.05) is 5.41 Å². The molecule has 0 N–H and O–H groups in total. The summed E-state index contributed by atoms with van der Waals surface area (Å²) >= 11 is 0. The molecule has 0 saturated carbocycles. The van der Waals surface area contributed by atoms with E-state index in [-0.39, 0.29) is 53.7 Å². The molecule has 12 aromatic rings. The highest BCUT2D eigenvalue weighted by Gasteiger charge is 2.72. The van der Waals surface area contributed by atoms with E-state index in [9.17, 15) is 31.1 Å². The Kier molecular flexibility index (Phi) is 89.4. The lowest BCUT2D eigenvalue weighted by Crippen LogP contribution is -2.54. The Bertz CT molecular complexity index is 3620. The van der Waals surface area contributed by atoms with Crippen LogP contribution in [0, 0.1) is 0 Å². The number of ketones is 1. The van der Waals surface area contributed by atoms with Gasteiger partial charge < -0.3 is 4.79 Å². The number of rotatable bonds is 8. The van der Waals surface area contributed by atoms with Gasteiger partial charge in [-0.15, -0.1) is 0 Å². The van der Waals surface area contributed by atoms with Crippen LogP contribution in [0.2, 0.25) is 0 Å². The third kappa shape index (κ3) is 44.5. The number of Topliss-reactive ketones (excluding diaryl/α,β-unsaturated/α-hetero) is 1. The highest BCUT2D eigenvalue weighted by Crippen LogP contribution is 2.57. The molecular weight excluding hydrogens is 1460 g/mol. The first-order chi connectivity index (χ1) is 54.9. The summed E-state index contributed by atoms with van der Waals surface area (Å²) in [6.07, 6.45) is -8.76. The average molecular weight is 1630 g/mol. The molecule has 0 unspecified atom stereocenters. The van der Waals surface area contributed by atoms with E-state index in [0.29, 0.717) is 0 Å². The number of alkyl halides is 6. The fourth-order valence-electron chi connectivity index (χ4n) is 10.8. The Balaban J connectivity index is -0.000000144. The summed E-state index contributed by atoms with van der Waals surface area (Å²) in [6, 6.07) is 117. The summed E-state index contributed by atoms with van der Waals surface area (Å²) in [5.74, 6) is 0.167. The Morgan fingerprint density at radius 3 is 0.602 bits per heavy atom. The molecule has 0 saturated heterocycles. The molecular formula is C111H162F6O. The van der Waals surface area contributed by atoms with Crippen molar-refractivity contribution in [2.75, 3.05) is 0 Å². The summed E-state index contributed by atoms with van der Waals surface area (Å²) in [5, 5.41) is 0. The summed E-state index contributed by atoms with van der Waals surface area (Å²) in [7, 11) is 0. The second-order valence-corrected chi connectivity index (χ2v) is 22.5. The lowest BCUT2D eigenvalue weighted by atomic mass is 9.68. The minimum Gasteiger partial charge on any atom is -0.300 e. The van der Waals surface area contributed by atoms with Crippen LogP contribution in [-0.4, -0.2) is 18.1 Å². The highest BCUT2D eigenvalue weighted by molar-refractivity contribution is 5.86. The van der Waals surface area contributed by atoms with Crippen LogP contribution in [0.4, 0.5) is 26.3 Å². The minimum atomic E-state index is -5.52. The zero-order valence-electron chi connectivity index (χ0n) is 73.7. The number of fused-ring (bicyclic) bond motifs is 3. The molecule has 0 amide bonds. The van der Waals surface area contributed by atoms with Crippen molar-refractivity contribution >= 4 is 5.78 Å². The second kappa shape index (κ2) is 82.0. The van der Waals surface area contributed by atoms with E-state index >= 15 is 0 Å². The van der Waals surface area contributed by atoms with Crippen LogP contribution < -0.4 is 0 Å². The Morgan fingerprint density at radius 2 is 0.407 bits per heavy atom. The zero-order valence-corrected chi connectivity index (χ0v) is 73.7. The molecule has 0 aromatic heterocycles. The van der Waals surface area contributed by atoms with Crippen molar-refractivity contribution in [3.05, 3.63) is 420 Å². The maximum absolute atomic E-state index is 13.5. The predicted molar refractivity (Wildman–Crippen MR) is 523 cm³/mol. The first kappa shape index (κ1) is 129. The monoisotopic (exact) mass is 1630 g/mol. The van der Waals surface area contributed by atoms with Gasteiger partial charge in [0.2, 0.25) is 5.41 Å². The number of benzene rings is 12. The third-order valence-corrected chi connectivity index (χ3v) is 15.0. The molecule has 0 aliphatic heterocycles. The van der Waals surface area contributed by atoms with Crippen LogP contribution >= 0.6 is 0 Å². The molecule has 118 heavy (non-hydrogen) atoms. The van der Waals surface area contributed by atoms with Crippen LogP contribution in [0.5, 0.6) is 0 Å². The maximum Gasteiger partial charge on any atom is 0.411 e. The van der Waals surface area contributed by atoms with E-state index in [1.165, 1.54) is 88.0 Å². The van der Waals surface area contributed by atoms with E-state index in [0.717, 1.165) is 55.0 Å². The molecule has 0 bridgehead atoms. The highest BCUT2D eigenvalue weighted by atomic mass is 19.4. The lowest BCUT2D eigenvalue weighted by Gasteiger charge is -2.38. The number of hydrogen-bond donors (Lipinski definition) is 0. The normalized spacial score (nSPS) is 9.53. The standard InChI is InChI=1S/C25H18.C15H10F6.C15H16.C13H12.2C6H6.C3H6O.C3H8.10C2H6.5CH4/c1-3-11-19(12-4-1)25(20-13-5-2-6-14-20)23-17-9-7-15-21(23)22-16-8-10-18-24(22)25;16-14(17,18)13(15(19,20)21,11-7-3-1-4-8-11)12-9-5-2-6-10-12;1-15(2,13-9-5-3-6-10-13)14-11-7-4-8-12-14;1-3-7-12(8-4-1)11-13-9-5-2-6-10-13;2*1-2-4-6-5-3-1;1-3(2)4;1-3-2;10*1-2;;;;;/h1-18H;1-10H;3-12H,1-2H3;1-10H,11H2;2*1-6H;1-2H3;3H2,1-2H3;10*1-2H3;5*1H4. The molecule has 0 spiro atoms. The SMILES string of the molecule is C.C.C.C.C.CC.CC.CC.CC.CC.CC.CC.CC.CC.CC.CC(C)(c1ccccc1)c1ccccc1.CC(C)=O.CCC.FC(F)(F)C(c1ccccc1)(c1ccccc1)C(F)(F)F.c1ccc(C2(c3ccccc3)c3ccccc3-c3ccccc32)cc1.c1ccc(Cc2ccccc2)cc1.c1ccccc1.c1ccccc1. The largest absolute Gasteiger partial charge is 0.411 e. The lowest BCUT2D eigenvalue weighted by molar-refractivity contribution is -0.288. The molecule has 1 aliphatic carbocycles. The van der Waals surface area contributed by atoms with Crippen molar-refractivity contribution in [2.45, 2.75) is 259 Å². The van der Waals surface area contributed by atoms with Crippen molar-refractivity contribution < 1.29 is 31.1 Å². The van der Waals surface area contributed by atoms with Crippen molar-refractivity contribution in [3.63, 3.8) is 0 Å². The van der Waals surface area contributed by atoms with E-state index in [4.69, 9.17) is 0 Å². The van der Waals surface area contributed by atoms with Gasteiger partial charge in [0.05, 0.1) is 5.41 Å². The molecule has 0 atom stereocenters. The van der Waals surface area contributed by atoms with E-state index < -0.39 is 28.9 Å². The van der Waals surface area contributed by atoms with Gasteiger partial charge in [-0.25, -0.2) is 0 Å². The number of halogens is 6. The van der Waals surface area contributed by atoms with Crippen LogP contribution in [0.25, 0.3) is 11.1 Å². The number of hydrogen-bond acceptors (Lipinski definition) is 1. The second-order valence-electron chi connectivity index (χ2n) is 22.5. The predicted octanol–water partition coefficient (Wildman–Crippen LogP) is 37.3. The smallest absolute Gasteiger partial charge is 0.300 e. The third-order valence-electron chi connectivity index (χ3n) is 15.0. The number of carbonyl (C=O) groups excluding carboxylic acids is 1. The van der Waals surface area contributed by atoms with Crippen LogP contribution in [0.15, 0.2) is 364 Å². The van der Waals surface area contributed by atoms with E-state index in [1.807, 2.05) is 211 Å². The van der Waals surface area contributed by atoms with Gasteiger partial charge >= 0.3 is 12.4 Å². The van der Waals surface area contributed by atoms with Gasteiger partial charge in [0.1, 0.15) is 5.78 Å². The number of carbonyl (C=O) groups is 1. The van der Waals surface area contributed by atoms with Crippen molar-refractivity contribution in [2.24, 2.45) is 0 Å². The van der Waals surface area contributed by atoms with Crippen LogP contribution in [-0.2, 0) is 27.5 Å². The molecule has 12 aromatic carbocycles. The van der Waals surface area contributed by atoms with Gasteiger partial charge in [-0.2, -0.15) is 26.3 Å². The quantitative estimate of drug-likeness (QED) is 0.139. The van der Waals surface area contributed by atoms with Crippen LogP contribution in [0.1, 0.15) is 279 Å². The molecule has 0 heterocycles. The molecule has 0 fully saturated rings. The van der Waals surface area contributed by atoms with E-state index in [2.05, 4.69) is 258 Å². The Morgan fingerprint density at radius 1 is 0.254 bits per heavy atom. The van der Waals surface area contributed by atoms with Gasteiger partial charge in [-0.3, -0.25) is 0 Å². The van der Waals surface area contributed by atoms with Crippen LogP contribution in [0.3, 0.4) is 0 Å².